The summed E-state index contributed by atoms with van der Waals surface area (Å²) in [5.41, 5.74) is 5.64. The third-order valence-corrected chi connectivity index (χ3v) is 3.62. The fraction of sp³-hybridized carbons (Fsp3) is 0. The average Bonchev–Trinajstić information content (AvgIpc) is 2.26. The van der Waals surface area contributed by atoms with Crippen LogP contribution in [0, 0.1) is 0 Å². The summed E-state index contributed by atoms with van der Waals surface area (Å²) in [4.78, 5) is 12.2. The number of hydrogen-bond acceptors (Lipinski definition) is 5. The summed E-state index contributed by atoms with van der Waals surface area (Å²) in [7, 11) is 0. The minimum atomic E-state index is 0.434. The molecule has 0 aliphatic rings. The van der Waals surface area contributed by atoms with E-state index >= 15 is 0 Å². The van der Waals surface area contributed by atoms with Gasteiger partial charge in [-0.2, -0.15) is 0 Å². The van der Waals surface area contributed by atoms with Crippen LogP contribution < -0.4 is 5.73 Å². The number of nitrogens with zero attached hydrogens (tertiary/aromatic N) is 3. The Kier molecular flexibility index (Phi) is 3.17. The Morgan fingerprint density at radius 3 is 2.80 bits per heavy atom. The lowest BCUT2D eigenvalue weighted by molar-refractivity contribution is 1.02. The van der Waals surface area contributed by atoms with E-state index in [2.05, 4.69) is 30.9 Å². The van der Waals surface area contributed by atoms with E-state index in [0.29, 0.717) is 10.3 Å². The Balaban J connectivity index is 2.29. The molecule has 0 amide bonds. The predicted octanol–water partition coefficient (Wildman–Crippen LogP) is 2.37. The quantitative estimate of drug-likeness (QED) is 0.857. The zero-order valence-corrected chi connectivity index (χ0v) is 9.99. The summed E-state index contributed by atoms with van der Waals surface area (Å²) in [6.45, 7) is 0. The highest BCUT2D eigenvalue weighted by Gasteiger charge is 2.07. The van der Waals surface area contributed by atoms with E-state index in [1.165, 1.54) is 18.1 Å². The molecule has 2 rings (SSSR count). The minimum Gasteiger partial charge on any atom is -0.383 e. The molecule has 6 heteroatoms. The molecule has 0 unspecified atom stereocenters. The molecule has 0 bridgehead atoms. The maximum atomic E-state index is 5.64. The zero-order valence-electron chi connectivity index (χ0n) is 7.59. The number of hydrogen-bond donors (Lipinski definition) is 1. The van der Waals surface area contributed by atoms with Crippen LogP contribution in [0.25, 0.3) is 0 Å². The Labute approximate surface area is 99.5 Å². The second-order valence-electron chi connectivity index (χ2n) is 2.65. The van der Waals surface area contributed by atoms with Gasteiger partial charge in [-0.3, -0.25) is 0 Å². The molecule has 2 aromatic heterocycles. The third-order valence-electron chi connectivity index (χ3n) is 1.62. The summed E-state index contributed by atoms with van der Waals surface area (Å²) >= 11 is 4.78. The number of anilines is 1. The fourth-order valence-corrected chi connectivity index (χ4v) is 2.14. The van der Waals surface area contributed by atoms with Crippen molar-refractivity contribution in [2.75, 3.05) is 5.73 Å². The summed E-state index contributed by atoms with van der Waals surface area (Å²) in [5.74, 6) is 0.434. The summed E-state index contributed by atoms with van der Waals surface area (Å²) in [6, 6.07) is 5.70. The first-order valence-corrected chi connectivity index (χ1v) is 5.73. The van der Waals surface area contributed by atoms with Gasteiger partial charge >= 0.3 is 0 Å². The van der Waals surface area contributed by atoms with Crippen molar-refractivity contribution in [3.8, 4) is 0 Å². The monoisotopic (exact) mass is 282 g/mol. The van der Waals surface area contributed by atoms with Crippen LogP contribution in [-0.2, 0) is 0 Å². The van der Waals surface area contributed by atoms with Gasteiger partial charge in [0.15, 0.2) is 0 Å². The zero-order chi connectivity index (χ0) is 10.7. The van der Waals surface area contributed by atoms with Gasteiger partial charge in [0.2, 0.25) is 0 Å². The van der Waals surface area contributed by atoms with Crippen LogP contribution >= 0.6 is 27.7 Å². The third kappa shape index (κ3) is 2.45. The van der Waals surface area contributed by atoms with Crippen LogP contribution in [0.3, 0.4) is 0 Å². The lowest BCUT2D eigenvalue weighted by atomic mass is 10.5. The van der Waals surface area contributed by atoms with Gasteiger partial charge in [-0.15, -0.1) is 0 Å². The number of halogens is 1. The lowest BCUT2D eigenvalue weighted by Gasteiger charge is -2.03. The largest absolute Gasteiger partial charge is 0.383 e. The van der Waals surface area contributed by atoms with Crippen molar-refractivity contribution in [3.63, 3.8) is 0 Å². The summed E-state index contributed by atoms with van der Waals surface area (Å²) in [6.07, 6.45) is 3.17. The Bertz CT molecular complexity index is 463. The van der Waals surface area contributed by atoms with Crippen molar-refractivity contribution in [2.24, 2.45) is 0 Å². The fourth-order valence-electron chi connectivity index (χ4n) is 0.944. The van der Waals surface area contributed by atoms with Gasteiger partial charge < -0.3 is 5.73 Å². The smallest absolute Gasteiger partial charge is 0.142 e. The van der Waals surface area contributed by atoms with Crippen LogP contribution in [0.5, 0.6) is 0 Å². The molecule has 76 valence electrons. The predicted molar refractivity (Wildman–Crippen MR) is 62.5 cm³/mol. The standard InChI is InChI=1S/C9H7BrN4S/c10-7-8(11)13-5-14-9(7)15-6-3-1-2-4-12-6/h1-5H,(H2,11,13,14). The van der Waals surface area contributed by atoms with E-state index in [1.807, 2.05) is 18.2 Å². The minimum absolute atomic E-state index is 0.434. The maximum absolute atomic E-state index is 5.64. The van der Waals surface area contributed by atoms with Crippen molar-refractivity contribution < 1.29 is 0 Å². The van der Waals surface area contributed by atoms with Crippen LogP contribution in [-0.4, -0.2) is 15.0 Å². The average molecular weight is 283 g/mol. The number of aromatic nitrogens is 3. The number of nitrogen functional groups attached to an aromatic ring is 1. The normalized spacial score (nSPS) is 10.2. The second-order valence-corrected chi connectivity index (χ2v) is 4.45. The Morgan fingerprint density at radius 1 is 1.20 bits per heavy atom. The van der Waals surface area contributed by atoms with E-state index < -0.39 is 0 Å². The summed E-state index contributed by atoms with van der Waals surface area (Å²) < 4.78 is 0.709. The van der Waals surface area contributed by atoms with Crippen molar-refractivity contribution in [1.29, 1.82) is 0 Å². The second kappa shape index (κ2) is 4.59. The van der Waals surface area contributed by atoms with Crippen molar-refractivity contribution >= 4 is 33.5 Å². The molecule has 0 saturated carbocycles. The molecule has 15 heavy (non-hydrogen) atoms. The van der Waals surface area contributed by atoms with Gasteiger partial charge in [-0.05, 0) is 39.8 Å². The van der Waals surface area contributed by atoms with E-state index in [0.717, 1.165) is 10.1 Å². The Hall–Kier alpha value is -1.14. The van der Waals surface area contributed by atoms with E-state index in [-0.39, 0.29) is 0 Å². The molecule has 2 aromatic rings. The van der Waals surface area contributed by atoms with Crippen molar-refractivity contribution in [2.45, 2.75) is 10.1 Å². The molecule has 0 radical (unpaired) electrons. The molecule has 0 aliphatic carbocycles. The highest BCUT2D eigenvalue weighted by molar-refractivity contribution is 9.10. The lowest BCUT2D eigenvalue weighted by Crippen LogP contribution is -1.94. The van der Waals surface area contributed by atoms with Crippen molar-refractivity contribution in [1.82, 2.24) is 15.0 Å². The van der Waals surface area contributed by atoms with Gasteiger partial charge in [-0.1, -0.05) is 6.07 Å². The number of rotatable bonds is 2. The molecular weight excluding hydrogens is 276 g/mol. The van der Waals surface area contributed by atoms with Gasteiger partial charge in [0.05, 0.1) is 4.47 Å². The van der Waals surface area contributed by atoms with Gasteiger partial charge in [0, 0.05) is 6.20 Å². The van der Waals surface area contributed by atoms with E-state index in [9.17, 15) is 0 Å². The molecule has 0 aromatic carbocycles. The van der Waals surface area contributed by atoms with Crippen LogP contribution in [0.2, 0.25) is 0 Å². The highest BCUT2D eigenvalue weighted by Crippen LogP contribution is 2.32. The Morgan fingerprint density at radius 2 is 2.07 bits per heavy atom. The van der Waals surface area contributed by atoms with E-state index in [4.69, 9.17) is 5.73 Å². The topological polar surface area (TPSA) is 64.7 Å². The molecule has 0 atom stereocenters. The summed E-state index contributed by atoms with van der Waals surface area (Å²) in [5, 5.41) is 1.64. The molecule has 0 aliphatic heterocycles. The first kappa shape index (κ1) is 10.4. The number of pyridine rings is 1. The van der Waals surface area contributed by atoms with Crippen LogP contribution in [0.1, 0.15) is 0 Å². The van der Waals surface area contributed by atoms with Crippen LogP contribution in [0.4, 0.5) is 5.82 Å². The molecule has 4 nitrogen and oxygen atoms in total. The van der Waals surface area contributed by atoms with Crippen LogP contribution in [0.15, 0.2) is 45.2 Å². The molecule has 0 fully saturated rings. The number of nitrogens with two attached hydrogens (primary N) is 1. The molecular formula is C9H7BrN4S. The highest BCUT2D eigenvalue weighted by atomic mass is 79.9. The first-order chi connectivity index (χ1) is 7.27. The van der Waals surface area contributed by atoms with Gasteiger partial charge in [0.25, 0.3) is 0 Å². The van der Waals surface area contributed by atoms with E-state index in [1.54, 1.807) is 6.20 Å². The van der Waals surface area contributed by atoms with Gasteiger partial charge in [0.1, 0.15) is 22.2 Å². The molecule has 2 N–H and O–H groups in total. The SMILES string of the molecule is Nc1ncnc(Sc2ccccn2)c1Br. The molecule has 0 saturated heterocycles. The molecule has 0 spiro atoms. The first-order valence-electron chi connectivity index (χ1n) is 4.12. The van der Waals surface area contributed by atoms with Gasteiger partial charge in [-0.25, -0.2) is 15.0 Å². The maximum Gasteiger partial charge on any atom is 0.142 e. The molecule has 2 heterocycles. The van der Waals surface area contributed by atoms with Crippen molar-refractivity contribution in [3.05, 3.63) is 35.2 Å².